The lowest BCUT2D eigenvalue weighted by Gasteiger charge is -2.55. The molecule has 0 aliphatic heterocycles. The minimum atomic E-state index is -3.52. The molecule has 4 saturated carbocycles. The van der Waals surface area contributed by atoms with Crippen molar-refractivity contribution in [1.29, 1.82) is 0 Å². The van der Waals surface area contributed by atoms with E-state index in [1.807, 2.05) is 13.8 Å². The number of nitrogens with one attached hydrogen (secondary N) is 2. The predicted molar refractivity (Wildman–Crippen MR) is 127 cm³/mol. The van der Waals surface area contributed by atoms with E-state index in [-0.39, 0.29) is 34.6 Å². The van der Waals surface area contributed by atoms with Gasteiger partial charge in [0.2, 0.25) is 21.8 Å². The van der Waals surface area contributed by atoms with Crippen LogP contribution in [0.15, 0.2) is 29.2 Å². The molecule has 4 aliphatic carbocycles. The van der Waals surface area contributed by atoms with E-state index >= 15 is 0 Å². The number of hydrogen-bond acceptors (Lipinski definition) is 4. The van der Waals surface area contributed by atoms with Gasteiger partial charge in [-0.15, -0.1) is 0 Å². The number of sulfonamides is 1. The maximum Gasteiger partial charge on any atom is 0.243 e. The number of benzene rings is 1. The molecule has 4 fully saturated rings. The van der Waals surface area contributed by atoms with E-state index in [2.05, 4.69) is 10.6 Å². The van der Waals surface area contributed by atoms with Gasteiger partial charge in [-0.3, -0.25) is 9.59 Å². The van der Waals surface area contributed by atoms with Gasteiger partial charge in [-0.05, 0) is 87.8 Å². The summed E-state index contributed by atoms with van der Waals surface area (Å²) in [6.45, 7) is 4.33. The van der Waals surface area contributed by atoms with Crippen molar-refractivity contribution in [3.8, 4) is 0 Å². The zero-order valence-electron chi connectivity index (χ0n) is 20.0. The molecule has 4 bridgehead atoms. The fraction of sp³-hybridized carbons (Fsp3) is 0.680. The number of carbonyl (C=O) groups excluding carboxylic acids is 2. The SMILES string of the molecule is CC(C)N(C)S(=O)(=O)c1ccc(CNC(=O)CCNC(=O)C23CC4CC(CC(C4)C2)C3)cc1. The molecule has 4 aliphatic rings. The molecule has 1 aromatic carbocycles. The van der Waals surface area contributed by atoms with Gasteiger partial charge in [0.05, 0.1) is 4.90 Å². The van der Waals surface area contributed by atoms with E-state index in [1.165, 1.54) is 23.6 Å². The molecule has 0 radical (unpaired) electrons. The summed E-state index contributed by atoms with van der Waals surface area (Å²) in [6, 6.07) is 6.45. The fourth-order valence-corrected chi connectivity index (χ4v) is 7.75. The smallest absolute Gasteiger partial charge is 0.243 e. The monoisotopic (exact) mass is 475 g/mol. The van der Waals surface area contributed by atoms with Gasteiger partial charge in [0.1, 0.15) is 0 Å². The lowest BCUT2D eigenvalue weighted by atomic mass is 9.49. The second kappa shape index (κ2) is 9.37. The van der Waals surface area contributed by atoms with E-state index in [9.17, 15) is 18.0 Å². The van der Waals surface area contributed by atoms with Crippen LogP contribution in [0.2, 0.25) is 0 Å². The molecule has 0 spiro atoms. The average Bonchev–Trinajstić information content (AvgIpc) is 2.76. The Bertz CT molecular complexity index is 952. The standard InChI is InChI=1S/C25H37N3O4S/c1-17(2)28(3)33(31,32)22-6-4-18(5-7-22)16-27-23(29)8-9-26-24(30)25-13-19-10-20(14-25)12-21(11-19)15-25/h4-7,17,19-21H,8-16H2,1-3H3,(H,26,30)(H,27,29). The van der Waals surface area contributed by atoms with Crippen LogP contribution < -0.4 is 10.6 Å². The minimum absolute atomic E-state index is 0.127. The summed E-state index contributed by atoms with van der Waals surface area (Å²) in [5.41, 5.74) is 0.642. The van der Waals surface area contributed by atoms with E-state index in [4.69, 9.17) is 0 Å². The highest BCUT2D eigenvalue weighted by molar-refractivity contribution is 7.89. The van der Waals surface area contributed by atoms with Gasteiger partial charge < -0.3 is 10.6 Å². The molecule has 5 rings (SSSR count). The number of amides is 2. The van der Waals surface area contributed by atoms with Crippen molar-refractivity contribution >= 4 is 21.8 Å². The molecule has 0 heterocycles. The molecule has 1 aromatic rings. The van der Waals surface area contributed by atoms with Gasteiger partial charge in [-0.1, -0.05) is 12.1 Å². The van der Waals surface area contributed by atoms with Gasteiger partial charge in [-0.25, -0.2) is 8.42 Å². The summed E-state index contributed by atoms with van der Waals surface area (Å²) in [5.74, 6) is 2.18. The zero-order valence-corrected chi connectivity index (χ0v) is 20.8. The van der Waals surface area contributed by atoms with E-state index in [0.717, 1.165) is 42.6 Å². The Balaban J connectivity index is 1.21. The van der Waals surface area contributed by atoms with Crippen molar-refractivity contribution in [2.75, 3.05) is 13.6 Å². The van der Waals surface area contributed by atoms with Crippen molar-refractivity contribution < 1.29 is 18.0 Å². The van der Waals surface area contributed by atoms with Crippen LogP contribution in [0.1, 0.15) is 64.4 Å². The summed E-state index contributed by atoms with van der Waals surface area (Å²) in [7, 11) is -1.95. The zero-order chi connectivity index (χ0) is 23.8. The second-order valence-corrected chi connectivity index (χ2v) is 12.7. The molecule has 2 N–H and O–H groups in total. The Kier molecular flexibility index (Phi) is 6.87. The summed E-state index contributed by atoms with van der Waals surface area (Å²) in [5, 5.41) is 5.90. The van der Waals surface area contributed by atoms with Crippen molar-refractivity contribution in [2.45, 2.75) is 76.3 Å². The number of rotatable bonds is 9. The van der Waals surface area contributed by atoms with Crippen LogP contribution in [0, 0.1) is 23.2 Å². The normalized spacial score (nSPS) is 28.3. The molecule has 33 heavy (non-hydrogen) atoms. The Morgan fingerprint density at radius 3 is 2.06 bits per heavy atom. The second-order valence-electron chi connectivity index (χ2n) is 10.7. The third-order valence-corrected chi connectivity index (χ3v) is 10.0. The third-order valence-electron chi connectivity index (χ3n) is 7.97. The number of nitrogens with zero attached hydrogens (tertiary/aromatic N) is 1. The molecule has 7 nitrogen and oxygen atoms in total. The molecule has 2 amide bonds. The fourth-order valence-electron chi connectivity index (χ4n) is 6.38. The van der Waals surface area contributed by atoms with Gasteiger partial charge >= 0.3 is 0 Å². The lowest BCUT2D eigenvalue weighted by molar-refractivity contribution is -0.146. The molecule has 182 valence electrons. The largest absolute Gasteiger partial charge is 0.355 e. The first-order chi connectivity index (χ1) is 15.6. The summed E-state index contributed by atoms with van der Waals surface area (Å²) in [4.78, 5) is 25.5. The van der Waals surface area contributed by atoms with Crippen LogP contribution >= 0.6 is 0 Å². The quantitative estimate of drug-likeness (QED) is 0.574. The Morgan fingerprint density at radius 1 is 1.00 bits per heavy atom. The van der Waals surface area contributed by atoms with E-state index < -0.39 is 10.0 Å². The Hall–Kier alpha value is -1.93. The van der Waals surface area contributed by atoms with Crippen LogP contribution in [0.3, 0.4) is 0 Å². The first kappa shape index (κ1) is 24.2. The van der Waals surface area contributed by atoms with Crippen molar-refractivity contribution in [3.63, 3.8) is 0 Å². The summed E-state index contributed by atoms with van der Waals surface area (Å²) in [6.07, 6.45) is 7.22. The average molecular weight is 476 g/mol. The third kappa shape index (κ3) is 5.11. The molecular formula is C25H37N3O4S. The summed E-state index contributed by atoms with van der Waals surface area (Å²) >= 11 is 0. The highest BCUT2D eigenvalue weighted by Crippen LogP contribution is 2.60. The van der Waals surface area contributed by atoms with Gasteiger partial charge in [-0.2, -0.15) is 4.31 Å². The van der Waals surface area contributed by atoms with Gasteiger partial charge in [0.15, 0.2) is 0 Å². The molecular weight excluding hydrogens is 438 g/mol. The highest BCUT2D eigenvalue weighted by Gasteiger charge is 2.54. The van der Waals surface area contributed by atoms with Crippen LogP contribution in [0.4, 0.5) is 0 Å². The summed E-state index contributed by atoms with van der Waals surface area (Å²) < 4.78 is 26.4. The highest BCUT2D eigenvalue weighted by atomic mass is 32.2. The predicted octanol–water partition coefficient (Wildman–Crippen LogP) is 3.05. The maximum atomic E-state index is 13.0. The van der Waals surface area contributed by atoms with Gasteiger partial charge in [0.25, 0.3) is 0 Å². The van der Waals surface area contributed by atoms with Crippen molar-refractivity contribution in [1.82, 2.24) is 14.9 Å². The van der Waals surface area contributed by atoms with Crippen molar-refractivity contribution in [2.24, 2.45) is 23.2 Å². The first-order valence-electron chi connectivity index (χ1n) is 12.2. The number of hydrogen-bond donors (Lipinski definition) is 2. The molecule has 0 atom stereocenters. The van der Waals surface area contributed by atoms with Crippen LogP contribution in [0.25, 0.3) is 0 Å². The molecule has 0 aromatic heterocycles. The van der Waals surface area contributed by atoms with Crippen molar-refractivity contribution in [3.05, 3.63) is 29.8 Å². The van der Waals surface area contributed by atoms with Gasteiger partial charge in [0, 0.05) is 38.0 Å². The topological polar surface area (TPSA) is 95.6 Å². The first-order valence-corrected chi connectivity index (χ1v) is 13.6. The Labute approximate surface area is 197 Å². The van der Waals surface area contributed by atoms with Crippen LogP contribution in [-0.2, 0) is 26.2 Å². The van der Waals surface area contributed by atoms with Crippen LogP contribution in [-0.4, -0.2) is 44.2 Å². The van der Waals surface area contributed by atoms with E-state index in [1.54, 1.807) is 31.3 Å². The molecule has 0 saturated heterocycles. The minimum Gasteiger partial charge on any atom is -0.355 e. The lowest BCUT2D eigenvalue weighted by Crippen LogP contribution is -2.53. The number of carbonyl (C=O) groups is 2. The van der Waals surface area contributed by atoms with E-state index in [0.29, 0.717) is 13.1 Å². The maximum absolute atomic E-state index is 13.0. The molecule has 8 heteroatoms. The Morgan fingerprint density at radius 2 is 1.55 bits per heavy atom. The van der Waals surface area contributed by atoms with Crippen LogP contribution in [0.5, 0.6) is 0 Å². The molecule has 0 unspecified atom stereocenters.